The van der Waals surface area contributed by atoms with E-state index in [4.69, 9.17) is 0 Å². The molecule has 5 aromatic rings. The molecule has 1 heterocycles. The van der Waals surface area contributed by atoms with Crippen LogP contribution in [0.1, 0.15) is 22.3 Å². The summed E-state index contributed by atoms with van der Waals surface area (Å²) in [5.41, 5.74) is 6.14. The van der Waals surface area contributed by atoms with E-state index in [2.05, 4.69) is 121 Å². The Bertz CT molecular complexity index is 1340. The van der Waals surface area contributed by atoms with Gasteiger partial charge in [0.05, 0.1) is 0 Å². The van der Waals surface area contributed by atoms with Gasteiger partial charge in [0.15, 0.2) is 0 Å². The molecular weight excluding hydrogens is 392 g/mol. The zero-order valence-electron chi connectivity index (χ0n) is 17.1. The third-order valence-corrected chi connectivity index (χ3v) is 6.42. The Morgan fingerprint density at radius 3 is 1.58 bits per heavy atom. The molecule has 0 aliphatic carbocycles. The van der Waals surface area contributed by atoms with Gasteiger partial charge >= 0.3 is 0 Å². The Kier molecular flexibility index (Phi) is 5.60. The highest BCUT2D eigenvalue weighted by Crippen LogP contribution is 2.34. The summed E-state index contributed by atoms with van der Waals surface area (Å²) in [6.07, 6.45) is 8.66. The van der Waals surface area contributed by atoms with Crippen LogP contribution in [0.3, 0.4) is 0 Å². The maximum atomic E-state index is 2.29. The monoisotopic (exact) mass is 414 g/mol. The van der Waals surface area contributed by atoms with E-state index in [0.29, 0.717) is 0 Å². The van der Waals surface area contributed by atoms with Crippen molar-refractivity contribution in [1.82, 2.24) is 0 Å². The fraction of sp³-hybridized carbons (Fsp3) is 0. The predicted octanol–water partition coefficient (Wildman–Crippen LogP) is 8.91. The van der Waals surface area contributed by atoms with Gasteiger partial charge in [0, 0.05) is 9.58 Å². The lowest BCUT2D eigenvalue weighted by atomic mass is 10.1. The van der Waals surface area contributed by atoms with Crippen LogP contribution in [0.5, 0.6) is 0 Å². The number of rotatable bonds is 5. The third kappa shape index (κ3) is 4.74. The average molecular weight is 415 g/mol. The van der Waals surface area contributed by atoms with E-state index in [1.54, 1.807) is 0 Å². The van der Waals surface area contributed by atoms with Crippen molar-refractivity contribution in [2.45, 2.75) is 0 Å². The molecule has 0 bridgehead atoms. The van der Waals surface area contributed by atoms with Crippen LogP contribution in [0.2, 0.25) is 0 Å². The topological polar surface area (TPSA) is 0 Å². The Labute approximate surface area is 187 Å². The fourth-order valence-electron chi connectivity index (χ4n) is 3.57. The lowest BCUT2D eigenvalue weighted by Crippen LogP contribution is -1.75. The number of benzene rings is 4. The van der Waals surface area contributed by atoms with Crippen molar-refractivity contribution >= 4 is 45.7 Å². The van der Waals surface area contributed by atoms with Gasteiger partial charge in [-0.3, -0.25) is 0 Å². The van der Waals surface area contributed by atoms with Crippen molar-refractivity contribution in [2.24, 2.45) is 0 Å². The normalized spacial score (nSPS) is 11.6. The second kappa shape index (κ2) is 8.99. The second-order valence-corrected chi connectivity index (χ2v) is 8.60. The van der Waals surface area contributed by atoms with Gasteiger partial charge in [0.2, 0.25) is 0 Å². The van der Waals surface area contributed by atoms with Crippen LogP contribution in [0.15, 0.2) is 109 Å². The summed E-state index contributed by atoms with van der Waals surface area (Å²) in [4.78, 5) is 1.30. The lowest BCUT2D eigenvalue weighted by molar-refractivity contribution is 1.64. The molecule has 0 radical (unpaired) electrons. The Hall–Kier alpha value is -3.68. The van der Waals surface area contributed by atoms with Gasteiger partial charge < -0.3 is 0 Å². The van der Waals surface area contributed by atoms with E-state index < -0.39 is 0 Å². The zero-order chi connectivity index (χ0) is 20.9. The maximum absolute atomic E-state index is 2.29. The molecule has 0 unspecified atom stereocenters. The molecule has 0 fully saturated rings. The quantitative estimate of drug-likeness (QED) is 0.252. The fourth-order valence-corrected chi connectivity index (χ4v) is 4.68. The third-order valence-electron chi connectivity index (χ3n) is 5.27. The first-order valence-electron chi connectivity index (χ1n) is 10.4. The summed E-state index contributed by atoms with van der Waals surface area (Å²) in [7, 11) is 0. The van der Waals surface area contributed by atoms with E-state index >= 15 is 0 Å². The molecule has 1 aromatic heterocycles. The van der Waals surface area contributed by atoms with Crippen LogP contribution in [-0.4, -0.2) is 0 Å². The molecule has 0 spiro atoms. The molecule has 148 valence electrons. The van der Waals surface area contributed by atoms with Gasteiger partial charge in [-0.05, 0) is 45.3 Å². The van der Waals surface area contributed by atoms with Crippen LogP contribution >= 0.6 is 11.3 Å². The molecule has 4 aromatic carbocycles. The minimum atomic E-state index is 1.21. The molecule has 0 aliphatic rings. The van der Waals surface area contributed by atoms with Crippen molar-refractivity contribution in [3.05, 3.63) is 131 Å². The van der Waals surface area contributed by atoms with E-state index in [0.717, 1.165) is 0 Å². The first-order chi connectivity index (χ1) is 15.3. The summed E-state index contributed by atoms with van der Waals surface area (Å²) in [6, 6.07) is 38.6. The number of hydrogen-bond acceptors (Lipinski definition) is 1. The first kappa shape index (κ1) is 19.3. The minimum Gasteiger partial charge on any atom is -0.135 e. The van der Waals surface area contributed by atoms with Gasteiger partial charge in [0.25, 0.3) is 0 Å². The summed E-state index contributed by atoms with van der Waals surface area (Å²) in [5, 5.41) is 1.30. The van der Waals surface area contributed by atoms with E-state index in [9.17, 15) is 0 Å². The molecule has 5 rings (SSSR count). The number of hydrogen-bond donors (Lipinski definition) is 0. The number of thiophene rings is 1. The van der Waals surface area contributed by atoms with Crippen LogP contribution in [0.4, 0.5) is 0 Å². The summed E-state index contributed by atoms with van der Waals surface area (Å²) in [5.74, 6) is 0. The molecular formula is C30H22S. The smallest absolute Gasteiger partial charge is 0.0355 e. The molecule has 0 saturated carbocycles. The first-order valence-corrected chi connectivity index (χ1v) is 11.3. The van der Waals surface area contributed by atoms with Gasteiger partial charge in [-0.15, -0.1) is 11.3 Å². The van der Waals surface area contributed by atoms with Crippen LogP contribution < -0.4 is 0 Å². The Balaban J connectivity index is 1.35. The van der Waals surface area contributed by atoms with E-state index in [1.165, 1.54) is 42.8 Å². The van der Waals surface area contributed by atoms with Gasteiger partial charge in [0.1, 0.15) is 0 Å². The minimum absolute atomic E-state index is 1.21. The highest BCUT2D eigenvalue weighted by Gasteiger charge is 2.05. The average Bonchev–Trinajstić information content (AvgIpc) is 3.26. The largest absolute Gasteiger partial charge is 0.135 e. The van der Waals surface area contributed by atoms with Gasteiger partial charge in [-0.2, -0.15) is 0 Å². The maximum Gasteiger partial charge on any atom is 0.0355 e. The highest BCUT2D eigenvalue weighted by atomic mass is 32.1. The number of fused-ring (bicyclic) bond motifs is 1. The summed E-state index contributed by atoms with van der Waals surface area (Å²) < 4.78 is 1.32. The predicted molar refractivity (Wildman–Crippen MR) is 138 cm³/mol. The molecule has 0 saturated heterocycles. The Morgan fingerprint density at radius 2 is 0.968 bits per heavy atom. The molecule has 0 nitrogen and oxygen atoms in total. The summed E-state index contributed by atoms with van der Waals surface area (Å²) in [6.45, 7) is 0. The van der Waals surface area contributed by atoms with Crippen LogP contribution in [0, 0.1) is 0 Å². The van der Waals surface area contributed by atoms with Crippen molar-refractivity contribution in [3.8, 4) is 10.4 Å². The van der Waals surface area contributed by atoms with E-state index in [-0.39, 0.29) is 0 Å². The molecule has 31 heavy (non-hydrogen) atoms. The van der Waals surface area contributed by atoms with Crippen molar-refractivity contribution in [3.63, 3.8) is 0 Å². The highest BCUT2D eigenvalue weighted by molar-refractivity contribution is 7.22. The molecule has 0 amide bonds. The van der Waals surface area contributed by atoms with Crippen molar-refractivity contribution < 1.29 is 0 Å². The van der Waals surface area contributed by atoms with Crippen molar-refractivity contribution in [1.29, 1.82) is 0 Å². The van der Waals surface area contributed by atoms with E-state index in [1.807, 2.05) is 23.5 Å². The zero-order valence-corrected chi connectivity index (χ0v) is 17.9. The van der Waals surface area contributed by atoms with Crippen LogP contribution in [-0.2, 0) is 0 Å². The molecule has 1 heteroatoms. The van der Waals surface area contributed by atoms with Gasteiger partial charge in [-0.1, -0.05) is 121 Å². The summed E-state index contributed by atoms with van der Waals surface area (Å²) >= 11 is 1.85. The molecule has 0 N–H and O–H groups in total. The lowest BCUT2D eigenvalue weighted by Gasteiger charge is -1.99. The van der Waals surface area contributed by atoms with Crippen molar-refractivity contribution in [2.75, 3.05) is 0 Å². The molecule has 0 atom stereocenters. The standard InChI is InChI=1S/C30H22S/c1-3-7-23(8-4-1)11-12-25-15-18-27(19-16-25)30-22-28-20-17-26(21-29(28)31-30)14-13-24-9-5-2-6-10-24/h1-22H. The molecule has 0 aliphatic heterocycles. The van der Waals surface area contributed by atoms with Crippen LogP contribution in [0.25, 0.3) is 44.8 Å². The SMILES string of the molecule is C(=Cc1ccc(-c2cc3ccc(C=Cc4ccccc4)cc3s2)cc1)c1ccccc1. The Morgan fingerprint density at radius 1 is 0.452 bits per heavy atom. The van der Waals surface area contributed by atoms with Gasteiger partial charge in [-0.25, -0.2) is 0 Å². The second-order valence-electron chi connectivity index (χ2n) is 7.52.